The number of carbonyl (C=O) groups is 1. The normalized spacial score (nSPS) is 12.9. The molecule has 0 aromatic carbocycles. The maximum Gasteiger partial charge on any atom is 0.220 e. The minimum Gasteiger partial charge on any atom is -0.353 e. The van der Waals surface area contributed by atoms with E-state index in [1.165, 1.54) is 19.3 Å². The van der Waals surface area contributed by atoms with Crippen molar-refractivity contribution in [2.45, 2.75) is 65.8 Å². The summed E-state index contributed by atoms with van der Waals surface area (Å²) in [5.41, 5.74) is 0. The lowest BCUT2D eigenvalue weighted by molar-refractivity contribution is -0.122. The molecule has 1 amide bonds. The van der Waals surface area contributed by atoms with Crippen molar-refractivity contribution in [3.63, 3.8) is 0 Å². The third-order valence-corrected chi connectivity index (χ3v) is 2.65. The molecule has 0 rings (SSSR count). The van der Waals surface area contributed by atoms with E-state index in [1.807, 2.05) is 0 Å². The Kier molecular flexibility index (Phi) is 7.54. The highest BCUT2D eigenvalue weighted by Gasteiger charge is 2.09. The Bertz CT molecular complexity index is 154. The first-order valence-corrected chi connectivity index (χ1v) is 5.87. The third-order valence-electron chi connectivity index (χ3n) is 2.65. The molecule has 1 atom stereocenters. The topological polar surface area (TPSA) is 29.1 Å². The van der Waals surface area contributed by atoms with Crippen LogP contribution in [-0.2, 0) is 4.79 Å². The molecule has 0 aliphatic heterocycles. The summed E-state index contributed by atoms with van der Waals surface area (Å²) in [4.78, 5) is 11.4. The Morgan fingerprint density at radius 3 is 2.29 bits per heavy atom. The van der Waals surface area contributed by atoms with Crippen molar-refractivity contribution in [1.82, 2.24) is 5.32 Å². The lowest BCUT2D eigenvalue weighted by Crippen LogP contribution is -2.35. The van der Waals surface area contributed by atoms with E-state index in [2.05, 4.69) is 33.0 Å². The first-order chi connectivity index (χ1) is 6.57. The Balaban J connectivity index is 3.45. The first kappa shape index (κ1) is 13.5. The summed E-state index contributed by atoms with van der Waals surface area (Å²) in [6.07, 6.45) is 5.37. The summed E-state index contributed by atoms with van der Waals surface area (Å²) in [6.45, 7) is 8.50. The Labute approximate surface area is 88.5 Å². The van der Waals surface area contributed by atoms with Gasteiger partial charge in [0.2, 0.25) is 5.91 Å². The van der Waals surface area contributed by atoms with Crippen molar-refractivity contribution in [1.29, 1.82) is 0 Å². The average molecular weight is 199 g/mol. The van der Waals surface area contributed by atoms with Gasteiger partial charge in [-0.05, 0) is 19.3 Å². The van der Waals surface area contributed by atoms with E-state index in [-0.39, 0.29) is 5.91 Å². The van der Waals surface area contributed by atoms with Crippen LogP contribution in [0.25, 0.3) is 0 Å². The van der Waals surface area contributed by atoms with Crippen LogP contribution >= 0.6 is 0 Å². The molecular formula is C12H25NO. The molecule has 0 unspecified atom stereocenters. The largest absolute Gasteiger partial charge is 0.353 e. The van der Waals surface area contributed by atoms with Gasteiger partial charge in [0.25, 0.3) is 0 Å². The number of carbonyl (C=O) groups excluding carboxylic acids is 1. The number of nitrogens with one attached hydrogen (secondary N) is 1. The van der Waals surface area contributed by atoms with E-state index in [9.17, 15) is 4.79 Å². The molecule has 0 fully saturated rings. The van der Waals surface area contributed by atoms with Crippen LogP contribution in [0.2, 0.25) is 0 Å². The average Bonchev–Trinajstić information content (AvgIpc) is 2.12. The van der Waals surface area contributed by atoms with Crippen LogP contribution in [0.15, 0.2) is 0 Å². The first-order valence-electron chi connectivity index (χ1n) is 5.87. The summed E-state index contributed by atoms with van der Waals surface area (Å²) >= 11 is 0. The zero-order valence-corrected chi connectivity index (χ0v) is 10.1. The van der Waals surface area contributed by atoms with Crippen LogP contribution in [0.1, 0.15) is 59.8 Å². The molecule has 0 saturated heterocycles. The van der Waals surface area contributed by atoms with Gasteiger partial charge in [-0.2, -0.15) is 0 Å². The number of hydrogen-bond acceptors (Lipinski definition) is 1. The van der Waals surface area contributed by atoms with Gasteiger partial charge in [-0.15, -0.1) is 0 Å². The summed E-state index contributed by atoms with van der Waals surface area (Å²) in [6, 6.07) is 0.300. The molecule has 0 spiro atoms. The van der Waals surface area contributed by atoms with Crippen molar-refractivity contribution in [3.05, 3.63) is 0 Å². The molecule has 14 heavy (non-hydrogen) atoms. The number of unbranched alkanes of at least 4 members (excludes halogenated alkanes) is 3. The zero-order chi connectivity index (χ0) is 11.0. The molecule has 0 bridgehead atoms. The van der Waals surface area contributed by atoms with Gasteiger partial charge in [0, 0.05) is 12.5 Å². The van der Waals surface area contributed by atoms with E-state index >= 15 is 0 Å². The second kappa shape index (κ2) is 7.84. The lowest BCUT2D eigenvalue weighted by atomic mass is 10.1. The van der Waals surface area contributed by atoms with Gasteiger partial charge < -0.3 is 5.32 Å². The quantitative estimate of drug-likeness (QED) is 0.627. The summed E-state index contributed by atoms with van der Waals surface area (Å²) in [5, 5.41) is 3.02. The molecule has 84 valence electrons. The monoisotopic (exact) mass is 199 g/mol. The predicted octanol–water partition coefficient (Wildman–Crippen LogP) is 3.12. The maximum absolute atomic E-state index is 11.4. The minimum atomic E-state index is 0.210. The zero-order valence-electron chi connectivity index (χ0n) is 10.1. The third kappa shape index (κ3) is 6.93. The highest BCUT2D eigenvalue weighted by atomic mass is 16.1. The lowest BCUT2D eigenvalue weighted by Gasteiger charge is -2.17. The Hall–Kier alpha value is -0.530. The van der Waals surface area contributed by atoms with Gasteiger partial charge in [0.1, 0.15) is 0 Å². The predicted molar refractivity (Wildman–Crippen MR) is 61.2 cm³/mol. The fourth-order valence-corrected chi connectivity index (χ4v) is 1.21. The molecule has 1 N–H and O–H groups in total. The van der Waals surface area contributed by atoms with Crippen LogP contribution < -0.4 is 5.32 Å². The van der Waals surface area contributed by atoms with E-state index in [4.69, 9.17) is 0 Å². The second-order valence-electron chi connectivity index (χ2n) is 4.41. The molecule has 0 aliphatic rings. The van der Waals surface area contributed by atoms with Gasteiger partial charge in [-0.1, -0.05) is 40.0 Å². The number of amides is 1. The van der Waals surface area contributed by atoms with E-state index in [0.29, 0.717) is 18.4 Å². The molecule has 0 aliphatic carbocycles. The second-order valence-corrected chi connectivity index (χ2v) is 4.41. The molecule has 0 radical (unpaired) electrons. The van der Waals surface area contributed by atoms with E-state index < -0.39 is 0 Å². The van der Waals surface area contributed by atoms with E-state index in [1.54, 1.807) is 0 Å². The van der Waals surface area contributed by atoms with Crippen molar-refractivity contribution in [3.8, 4) is 0 Å². The highest BCUT2D eigenvalue weighted by Crippen LogP contribution is 2.04. The van der Waals surface area contributed by atoms with Gasteiger partial charge in [-0.3, -0.25) is 4.79 Å². The standard InChI is InChI=1S/C12H25NO/c1-5-6-7-8-9-12(14)13-11(4)10(2)3/h10-11H,5-9H2,1-4H3,(H,13,14)/t11-/m0/s1. The van der Waals surface area contributed by atoms with Gasteiger partial charge in [0.05, 0.1) is 0 Å². The minimum absolute atomic E-state index is 0.210. The summed E-state index contributed by atoms with van der Waals surface area (Å²) < 4.78 is 0. The molecule has 0 aromatic rings. The van der Waals surface area contributed by atoms with E-state index in [0.717, 1.165) is 6.42 Å². The molecule has 0 saturated carbocycles. The van der Waals surface area contributed by atoms with Gasteiger partial charge in [-0.25, -0.2) is 0 Å². The van der Waals surface area contributed by atoms with Crippen molar-refractivity contribution >= 4 is 5.91 Å². The van der Waals surface area contributed by atoms with Crippen LogP contribution in [0.4, 0.5) is 0 Å². The van der Waals surface area contributed by atoms with Gasteiger partial charge in [0.15, 0.2) is 0 Å². The highest BCUT2D eigenvalue weighted by molar-refractivity contribution is 5.76. The molecule has 0 aromatic heterocycles. The van der Waals surface area contributed by atoms with Crippen molar-refractivity contribution < 1.29 is 4.79 Å². The Morgan fingerprint density at radius 2 is 1.79 bits per heavy atom. The molecular weight excluding hydrogens is 174 g/mol. The summed E-state index contributed by atoms with van der Waals surface area (Å²) in [5.74, 6) is 0.733. The summed E-state index contributed by atoms with van der Waals surface area (Å²) in [7, 11) is 0. The van der Waals surface area contributed by atoms with Crippen molar-refractivity contribution in [2.24, 2.45) is 5.92 Å². The van der Waals surface area contributed by atoms with Crippen LogP contribution in [0.5, 0.6) is 0 Å². The molecule has 2 heteroatoms. The fraction of sp³-hybridized carbons (Fsp3) is 0.917. The fourth-order valence-electron chi connectivity index (χ4n) is 1.21. The van der Waals surface area contributed by atoms with Gasteiger partial charge >= 0.3 is 0 Å². The van der Waals surface area contributed by atoms with Crippen LogP contribution in [0.3, 0.4) is 0 Å². The van der Waals surface area contributed by atoms with Crippen molar-refractivity contribution in [2.75, 3.05) is 0 Å². The smallest absolute Gasteiger partial charge is 0.220 e. The van der Waals surface area contributed by atoms with Crippen LogP contribution in [0, 0.1) is 5.92 Å². The van der Waals surface area contributed by atoms with Crippen LogP contribution in [-0.4, -0.2) is 11.9 Å². The number of hydrogen-bond donors (Lipinski definition) is 1. The SMILES string of the molecule is CCCCCCC(=O)N[C@@H](C)C(C)C. The number of rotatable bonds is 7. The molecule has 0 heterocycles. The molecule has 2 nitrogen and oxygen atoms in total. The maximum atomic E-state index is 11.4. The Morgan fingerprint density at radius 1 is 1.14 bits per heavy atom.